The summed E-state index contributed by atoms with van der Waals surface area (Å²) < 4.78 is 24.4. The van der Waals surface area contributed by atoms with Gasteiger partial charge < -0.3 is 9.47 Å². The molecule has 0 fully saturated rings. The average Bonchev–Trinajstić information content (AvgIpc) is 2.61. The molecular formula is C21H22FO3. The van der Waals surface area contributed by atoms with Crippen LogP contribution in [0.1, 0.15) is 29.8 Å². The summed E-state index contributed by atoms with van der Waals surface area (Å²) in [6.45, 7) is 7.80. The van der Waals surface area contributed by atoms with E-state index in [0.29, 0.717) is 22.4 Å². The number of halogens is 1. The minimum absolute atomic E-state index is 0.334. The van der Waals surface area contributed by atoms with Gasteiger partial charge >= 0.3 is 5.97 Å². The van der Waals surface area contributed by atoms with Gasteiger partial charge in [-0.05, 0) is 46.9 Å². The van der Waals surface area contributed by atoms with E-state index in [9.17, 15) is 9.18 Å². The second kappa shape index (κ2) is 7.51. The molecular weight excluding hydrogens is 319 g/mol. The van der Waals surface area contributed by atoms with Crippen molar-refractivity contribution in [1.29, 1.82) is 0 Å². The molecule has 3 nitrogen and oxygen atoms in total. The number of carbonyl (C=O) groups excluding carboxylic acids is 1. The van der Waals surface area contributed by atoms with Gasteiger partial charge in [0.15, 0.2) is 0 Å². The molecule has 2 aromatic rings. The van der Waals surface area contributed by atoms with Gasteiger partial charge in [-0.2, -0.15) is 0 Å². The first kappa shape index (κ1) is 18.7. The van der Waals surface area contributed by atoms with E-state index < -0.39 is 5.97 Å². The molecule has 1 radical (unpaired) electrons. The Morgan fingerprint density at radius 1 is 1.12 bits per heavy atom. The molecule has 4 heteroatoms. The monoisotopic (exact) mass is 341 g/mol. The summed E-state index contributed by atoms with van der Waals surface area (Å²) in [6.07, 6.45) is 3.74. The van der Waals surface area contributed by atoms with Gasteiger partial charge in [0.25, 0.3) is 0 Å². The first-order valence-electron chi connectivity index (χ1n) is 7.87. The second-order valence-electron chi connectivity index (χ2n) is 6.31. The zero-order valence-corrected chi connectivity index (χ0v) is 14.9. The molecule has 131 valence electrons. The van der Waals surface area contributed by atoms with Gasteiger partial charge in [-0.3, -0.25) is 0 Å². The molecule has 0 aliphatic heterocycles. The average molecular weight is 341 g/mol. The van der Waals surface area contributed by atoms with Crippen LogP contribution in [0.15, 0.2) is 49.1 Å². The quantitative estimate of drug-likeness (QED) is 0.545. The summed E-state index contributed by atoms with van der Waals surface area (Å²) in [5.74, 6) is -0.247. The van der Waals surface area contributed by atoms with E-state index in [1.54, 1.807) is 36.4 Å². The number of allylic oxidation sites excluding steroid dienone is 1. The molecule has 2 rings (SSSR count). The summed E-state index contributed by atoms with van der Waals surface area (Å²) in [4.78, 5) is 11.9. The number of esters is 1. The van der Waals surface area contributed by atoms with Crippen molar-refractivity contribution in [2.45, 2.75) is 13.8 Å². The molecule has 0 aromatic heterocycles. The van der Waals surface area contributed by atoms with Crippen molar-refractivity contribution in [3.63, 3.8) is 0 Å². The Balaban J connectivity index is 2.64. The predicted octanol–water partition coefficient (Wildman–Crippen LogP) is 5.05. The Morgan fingerprint density at radius 2 is 1.84 bits per heavy atom. The zero-order chi connectivity index (χ0) is 18.6. The summed E-state index contributed by atoms with van der Waals surface area (Å²) >= 11 is 0. The summed E-state index contributed by atoms with van der Waals surface area (Å²) in [6, 6.07) is 9.61. The van der Waals surface area contributed by atoms with Crippen molar-refractivity contribution >= 4 is 5.97 Å². The van der Waals surface area contributed by atoms with Gasteiger partial charge in [0.05, 0.1) is 19.8 Å². The number of methoxy groups -OCH3 is 2. The van der Waals surface area contributed by atoms with Crippen LogP contribution in [0.25, 0.3) is 11.1 Å². The molecule has 25 heavy (non-hydrogen) atoms. The third kappa shape index (κ3) is 4.27. The number of carbonyl (C=O) groups is 1. The minimum Gasteiger partial charge on any atom is -0.497 e. The van der Waals surface area contributed by atoms with Crippen molar-refractivity contribution in [1.82, 2.24) is 0 Å². The van der Waals surface area contributed by atoms with Crippen molar-refractivity contribution in [2.75, 3.05) is 14.2 Å². The lowest BCUT2D eigenvalue weighted by molar-refractivity contribution is 0.0600. The molecule has 0 saturated carbocycles. The SMILES string of the molecule is C=CC(C)(C)[CH]c1cc(C(=O)OC)ccc1-c1cc(OC)ccc1F. The fourth-order valence-electron chi connectivity index (χ4n) is 2.47. The normalized spacial score (nSPS) is 11.1. The van der Waals surface area contributed by atoms with Crippen LogP contribution in [0.4, 0.5) is 4.39 Å². The Labute approximate surface area is 148 Å². The maximum atomic E-state index is 14.4. The van der Waals surface area contributed by atoms with Crippen LogP contribution >= 0.6 is 0 Å². The third-order valence-electron chi connectivity index (χ3n) is 3.99. The van der Waals surface area contributed by atoms with Crippen molar-refractivity contribution in [2.24, 2.45) is 5.41 Å². The first-order chi connectivity index (χ1) is 11.8. The maximum absolute atomic E-state index is 14.4. The minimum atomic E-state index is -0.441. The van der Waals surface area contributed by atoms with E-state index in [2.05, 4.69) is 6.58 Å². The van der Waals surface area contributed by atoms with Crippen LogP contribution in [0.5, 0.6) is 5.75 Å². The van der Waals surface area contributed by atoms with E-state index in [1.807, 2.05) is 20.3 Å². The lowest BCUT2D eigenvalue weighted by Crippen LogP contribution is -2.11. The smallest absolute Gasteiger partial charge is 0.337 e. The van der Waals surface area contributed by atoms with Crippen LogP contribution < -0.4 is 4.74 Å². The van der Waals surface area contributed by atoms with E-state index in [4.69, 9.17) is 9.47 Å². The van der Waals surface area contributed by atoms with Crippen molar-refractivity contribution in [3.05, 3.63) is 72.4 Å². The maximum Gasteiger partial charge on any atom is 0.337 e. The van der Waals surface area contributed by atoms with Gasteiger partial charge in [0, 0.05) is 12.0 Å². The first-order valence-corrected chi connectivity index (χ1v) is 7.87. The van der Waals surface area contributed by atoms with Crippen LogP contribution in [-0.2, 0) is 4.74 Å². The van der Waals surface area contributed by atoms with Crippen LogP contribution in [0, 0.1) is 17.7 Å². The molecule has 0 aliphatic carbocycles. The molecule has 0 aliphatic rings. The van der Waals surface area contributed by atoms with Crippen LogP contribution in [0.3, 0.4) is 0 Å². The molecule has 0 N–H and O–H groups in total. The number of benzene rings is 2. The molecule has 0 atom stereocenters. The van der Waals surface area contributed by atoms with Crippen LogP contribution in [0.2, 0.25) is 0 Å². The van der Waals surface area contributed by atoms with Gasteiger partial charge in [-0.1, -0.05) is 26.0 Å². The van der Waals surface area contributed by atoms with Gasteiger partial charge in [-0.25, -0.2) is 9.18 Å². The fourth-order valence-corrected chi connectivity index (χ4v) is 2.47. The van der Waals surface area contributed by atoms with Crippen LogP contribution in [-0.4, -0.2) is 20.2 Å². The molecule has 0 heterocycles. The molecule has 0 bridgehead atoms. The standard InChI is InChI=1S/C21H22FO3/c1-6-21(2,3)13-15-11-14(20(23)25-5)7-9-17(15)18-12-16(24-4)8-10-19(18)22/h6-13H,1H2,2-5H3. The van der Waals surface area contributed by atoms with Gasteiger partial charge in [0.1, 0.15) is 11.6 Å². The lowest BCUT2D eigenvalue weighted by Gasteiger charge is -2.22. The zero-order valence-electron chi connectivity index (χ0n) is 14.9. The highest BCUT2D eigenvalue weighted by Gasteiger charge is 2.20. The Kier molecular flexibility index (Phi) is 5.62. The number of ether oxygens (including phenoxy) is 2. The Hall–Kier alpha value is -2.62. The largest absolute Gasteiger partial charge is 0.497 e. The molecule has 0 unspecified atom stereocenters. The summed E-state index contributed by atoms with van der Waals surface area (Å²) in [7, 11) is 2.86. The molecule has 2 aromatic carbocycles. The van der Waals surface area contributed by atoms with Crippen molar-refractivity contribution in [3.8, 4) is 16.9 Å². The van der Waals surface area contributed by atoms with E-state index in [1.165, 1.54) is 20.3 Å². The highest BCUT2D eigenvalue weighted by atomic mass is 19.1. The van der Waals surface area contributed by atoms with E-state index >= 15 is 0 Å². The fraction of sp³-hybridized carbons (Fsp3) is 0.238. The second-order valence-corrected chi connectivity index (χ2v) is 6.31. The summed E-state index contributed by atoms with van der Waals surface area (Å²) in [5, 5.41) is 0. The van der Waals surface area contributed by atoms with Gasteiger partial charge in [-0.15, -0.1) is 6.58 Å². The van der Waals surface area contributed by atoms with E-state index in [-0.39, 0.29) is 11.2 Å². The summed E-state index contributed by atoms with van der Waals surface area (Å²) in [5.41, 5.74) is 1.86. The number of hydrogen-bond acceptors (Lipinski definition) is 3. The topological polar surface area (TPSA) is 35.5 Å². The Morgan fingerprint density at radius 3 is 2.44 bits per heavy atom. The van der Waals surface area contributed by atoms with Gasteiger partial charge in [0.2, 0.25) is 0 Å². The lowest BCUT2D eigenvalue weighted by atomic mass is 9.82. The third-order valence-corrected chi connectivity index (χ3v) is 3.99. The van der Waals surface area contributed by atoms with E-state index in [0.717, 1.165) is 5.56 Å². The highest BCUT2D eigenvalue weighted by Crippen LogP contribution is 2.35. The number of hydrogen-bond donors (Lipinski definition) is 0. The molecule has 0 spiro atoms. The Bertz CT molecular complexity index is 794. The van der Waals surface area contributed by atoms with Crippen molar-refractivity contribution < 1.29 is 18.7 Å². The predicted molar refractivity (Wildman–Crippen MR) is 97.1 cm³/mol. The number of rotatable bonds is 6. The molecule has 0 amide bonds. The molecule has 0 saturated heterocycles. The highest BCUT2D eigenvalue weighted by molar-refractivity contribution is 5.91.